The van der Waals surface area contributed by atoms with E-state index in [0.717, 1.165) is 18.2 Å². The maximum atomic E-state index is 13.1. The monoisotopic (exact) mass is 366 g/mol. The number of pyridine rings is 1. The van der Waals surface area contributed by atoms with Crippen LogP contribution in [0.4, 0.5) is 0 Å². The third-order valence-corrected chi connectivity index (χ3v) is 7.38. The minimum Gasteiger partial charge on any atom is -0.265 e. The number of hydrogen-bond donors (Lipinski definition) is 0. The third-order valence-electron chi connectivity index (χ3n) is 4.13. The van der Waals surface area contributed by atoms with Crippen LogP contribution in [-0.4, -0.2) is 38.9 Å². The first-order valence-corrected chi connectivity index (χ1v) is 10.9. The zero-order valence-electron chi connectivity index (χ0n) is 13.2. The van der Waals surface area contributed by atoms with Crippen molar-refractivity contribution in [1.29, 1.82) is 0 Å². The summed E-state index contributed by atoms with van der Waals surface area (Å²) >= 11 is 0. The maximum absolute atomic E-state index is 13.1. The van der Waals surface area contributed by atoms with Crippen LogP contribution >= 0.6 is 0 Å². The third kappa shape index (κ3) is 3.09. The highest BCUT2D eigenvalue weighted by Crippen LogP contribution is 2.37. The van der Waals surface area contributed by atoms with Crippen molar-refractivity contribution in [2.45, 2.75) is 28.7 Å². The zero-order valence-corrected chi connectivity index (χ0v) is 14.8. The SMILES string of the molecule is CS(=O)(=O)c1ccccc1S(=O)(=O)N1CCCC1c1ccncc1. The highest BCUT2D eigenvalue weighted by molar-refractivity contribution is 7.93. The van der Waals surface area contributed by atoms with E-state index in [1.807, 2.05) is 0 Å². The molecule has 1 aromatic carbocycles. The summed E-state index contributed by atoms with van der Waals surface area (Å²) in [5, 5.41) is 0. The Bertz CT molecular complexity index is 941. The lowest BCUT2D eigenvalue weighted by molar-refractivity contribution is 0.395. The van der Waals surface area contributed by atoms with Gasteiger partial charge in [0.05, 0.1) is 10.9 Å². The molecule has 1 aliphatic rings. The summed E-state index contributed by atoms with van der Waals surface area (Å²) in [5.41, 5.74) is 0.864. The minimum absolute atomic E-state index is 0.159. The molecule has 0 N–H and O–H groups in total. The van der Waals surface area contributed by atoms with E-state index in [1.54, 1.807) is 30.6 Å². The van der Waals surface area contributed by atoms with E-state index >= 15 is 0 Å². The first-order valence-electron chi connectivity index (χ1n) is 7.52. The standard InChI is InChI=1S/C16H18N2O4S2/c1-23(19,20)15-6-2-3-7-16(15)24(21,22)18-12-4-5-14(18)13-8-10-17-11-9-13/h2-3,6-11,14H,4-5,12H2,1H3. The Morgan fingerprint density at radius 1 is 1.00 bits per heavy atom. The lowest BCUT2D eigenvalue weighted by atomic mass is 10.1. The molecule has 2 aromatic rings. The molecule has 24 heavy (non-hydrogen) atoms. The van der Waals surface area contributed by atoms with Gasteiger partial charge in [-0.1, -0.05) is 12.1 Å². The molecular weight excluding hydrogens is 348 g/mol. The molecule has 0 bridgehead atoms. The van der Waals surface area contributed by atoms with Gasteiger partial charge in [0.1, 0.15) is 4.90 Å². The molecule has 128 valence electrons. The summed E-state index contributed by atoms with van der Waals surface area (Å²) in [6.45, 7) is 0.368. The van der Waals surface area contributed by atoms with E-state index in [1.165, 1.54) is 22.5 Å². The summed E-state index contributed by atoms with van der Waals surface area (Å²) < 4.78 is 51.6. The highest BCUT2D eigenvalue weighted by Gasteiger charge is 2.38. The molecule has 2 heterocycles. The van der Waals surface area contributed by atoms with E-state index < -0.39 is 19.9 Å². The number of benzene rings is 1. The van der Waals surface area contributed by atoms with Crippen LogP contribution in [0.1, 0.15) is 24.4 Å². The molecule has 1 fully saturated rings. The van der Waals surface area contributed by atoms with Gasteiger partial charge < -0.3 is 0 Å². The van der Waals surface area contributed by atoms with Crippen molar-refractivity contribution >= 4 is 19.9 Å². The fourth-order valence-corrected chi connectivity index (χ4v) is 6.33. The number of sulfonamides is 1. The molecule has 3 rings (SSSR count). The van der Waals surface area contributed by atoms with E-state index in [2.05, 4.69) is 4.98 Å². The van der Waals surface area contributed by atoms with Crippen LogP contribution in [0.5, 0.6) is 0 Å². The lowest BCUT2D eigenvalue weighted by Gasteiger charge is -2.25. The van der Waals surface area contributed by atoms with Crippen LogP contribution < -0.4 is 0 Å². The molecule has 1 aliphatic heterocycles. The van der Waals surface area contributed by atoms with Gasteiger partial charge >= 0.3 is 0 Å². The van der Waals surface area contributed by atoms with Crippen LogP contribution in [0.15, 0.2) is 58.6 Å². The first-order chi connectivity index (χ1) is 11.3. The second-order valence-corrected chi connectivity index (χ2v) is 9.62. The molecule has 0 saturated carbocycles. The number of rotatable bonds is 4. The molecule has 8 heteroatoms. The zero-order chi connectivity index (χ0) is 17.4. The fourth-order valence-electron chi connectivity index (χ4n) is 3.04. The quantitative estimate of drug-likeness (QED) is 0.826. The molecule has 1 atom stereocenters. The molecule has 0 radical (unpaired) electrons. The van der Waals surface area contributed by atoms with E-state index in [4.69, 9.17) is 0 Å². The first kappa shape index (κ1) is 17.1. The van der Waals surface area contributed by atoms with Crippen LogP contribution in [0.3, 0.4) is 0 Å². The smallest absolute Gasteiger partial charge is 0.244 e. The van der Waals surface area contributed by atoms with Gasteiger partial charge in [0, 0.05) is 25.2 Å². The van der Waals surface area contributed by atoms with E-state index in [0.29, 0.717) is 13.0 Å². The van der Waals surface area contributed by atoms with Crippen molar-refractivity contribution in [3.63, 3.8) is 0 Å². The lowest BCUT2D eigenvalue weighted by Crippen LogP contribution is -2.31. The Labute approximate surface area is 142 Å². The van der Waals surface area contributed by atoms with Gasteiger partial charge in [0.2, 0.25) is 10.0 Å². The Balaban J connectivity index is 2.09. The molecular formula is C16H18N2O4S2. The second-order valence-electron chi connectivity index (χ2n) is 5.77. The summed E-state index contributed by atoms with van der Waals surface area (Å²) in [5.74, 6) is 0. The fraction of sp³-hybridized carbons (Fsp3) is 0.312. The maximum Gasteiger partial charge on any atom is 0.244 e. The van der Waals surface area contributed by atoms with E-state index in [-0.39, 0.29) is 15.8 Å². The van der Waals surface area contributed by atoms with Crippen molar-refractivity contribution in [3.8, 4) is 0 Å². The van der Waals surface area contributed by atoms with Crippen molar-refractivity contribution in [3.05, 3.63) is 54.4 Å². The average molecular weight is 366 g/mol. The summed E-state index contributed by atoms with van der Waals surface area (Å²) in [4.78, 5) is 3.64. The highest BCUT2D eigenvalue weighted by atomic mass is 32.2. The van der Waals surface area contributed by atoms with Crippen molar-refractivity contribution in [1.82, 2.24) is 9.29 Å². The second kappa shape index (κ2) is 6.27. The normalized spacial score (nSPS) is 19.5. The Hall–Kier alpha value is -1.77. The number of sulfone groups is 1. The summed E-state index contributed by atoms with van der Waals surface area (Å²) in [6, 6.07) is 9.04. The number of aromatic nitrogens is 1. The van der Waals surface area contributed by atoms with Crippen molar-refractivity contribution < 1.29 is 16.8 Å². The summed E-state index contributed by atoms with van der Waals surface area (Å²) in [6.07, 6.45) is 5.70. The minimum atomic E-state index is -3.92. The molecule has 1 unspecified atom stereocenters. The molecule has 1 aromatic heterocycles. The predicted molar refractivity (Wildman–Crippen MR) is 89.7 cm³/mol. The van der Waals surface area contributed by atoms with Crippen molar-refractivity contribution in [2.75, 3.05) is 12.8 Å². The van der Waals surface area contributed by atoms with Gasteiger partial charge in [-0.3, -0.25) is 4.98 Å². The Morgan fingerprint density at radius 2 is 1.62 bits per heavy atom. The van der Waals surface area contributed by atoms with E-state index in [9.17, 15) is 16.8 Å². The predicted octanol–water partition coefficient (Wildman–Crippen LogP) is 2.01. The van der Waals surface area contributed by atoms with Gasteiger partial charge in [-0.05, 0) is 42.7 Å². The van der Waals surface area contributed by atoms with Gasteiger partial charge in [-0.2, -0.15) is 4.31 Å². The van der Waals surface area contributed by atoms with Crippen molar-refractivity contribution in [2.24, 2.45) is 0 Å². The summed E-state index contributed by atoms with van der Waals surface area (Å²) in [7, 11) is -7.56. The Morgan fingerprint density at radius 3 is 2.25 bits per heavy atom. The van der Waals surface area contributed by atoms with Crippen LogP contribution in [0.25, 0.3) is 0 Å². The Kier molecular flexibility index (Phi) is 4.46. The topological polar surface area (TPSA) is 84.4 Å². The van der Waals surface area contributed by atoms with Crippen LogP contribution in [-0.2, 0) is 19.9 Å². The number of hydrogen-bond acceptors (Lipinski definition) is 5. The van der Waals surface area contributed by atoms with Gasteiger partial charge in [0.15, 0.2) is 9.84 Å². The average Bonchev–Trinajstić information content (AvgIpc) is 3.05. The molecule has 0 amide bonds. The molecule has 1 saturated heterocycles. The van der Waals surface area contributed by atoms with Gasteiger partial charge in [-0.25, -0.2) is 16.8 Å². The molecule has 6 nitrogen and oxygen atoms in total. The van der Waals surface area contributed by atoms with Crippen LogP contribution in [0, 0.1) is 0 Å². The van der Waals surface area contributed by atoms with Crippen LogP contribution in [0.2, 0.25) is 0 Å². The molecule has 0 spiro atoms. The van der Waals surface area contributed by atoms with Gasteiger partial charge in [-0.15, -0.1) is 0 Å². The largest absolute Gasteiger partial charge is 0.265 e. The molecule has 0 aliphatic carbocycles. The van der Waals surface area contributed by atoms with Gasteiger partial charge in [0.25, 0.3) is 0 Å². The number of nitrogens with zero attached hydrogens (tertiary/aromatic N) is 2.